The lowest BCUT2D eigenvalue weighted by molar-refractivity contribution is -0.141. The van der Waals surface area contributed by atoms with Gasteiger partial charge in [-0.2, -0.15) is 0 Å². The molecule has 1 amide bonds. The van der Waals surface area contributed by atoms with Gasteiger partial charge in [0.2, 0.25) is 0 Å². The van der Waals surface area contributed by atoms with E-state index in [0.29, 0.717) is 65.7 Å². The van der Waals surface area contributed by atoms with Gasteiger partial charge in [0.1, 0.15) is 5.75 Å². The molecular formula is C30H34Cl4N4O3. The van der Waals surface area contributed by atoms with Gasteiger partial charge in [-0.15, -0.1) is 12.4 Å². The fourth-order valence-electron chi connectivity index (χ4n) is 5.59. The Bertz CT molecular complexity index is 1260. The standard InChI is InChI=1S/C30H33Cl3N4O3.ClH/c1-2-40-26-19-24(33)11-12-25(26)30(29(39)37-15-13-36(14-16-37)17-18-38)34-27(20-3-7-22(31)8-4-20)28(35-30)21-5-9-23(32)10-6-21;/h3-12,19,27-28,34-35,38H,2,13-18H2,1H3;1H. The third kappa shape index (κ3) is 6.79. The minimum Gasteiger partial charge on any atom is -0.493 e. The molecule has 3 aromatic carbocycles. The summed E-state index contributed by atoms with van der Waals surface area (Å²) in [7, 11) is 0. The van der Waals surface area contributed by atoms with Gasteiger partial charge < -0.3 is 14.7 Å². The largest absolute Gasteiger partial charge is 0.493 e. The number of carbonyl (C=O) groups is 1. The number of ether oxygens (including phenoxy) is 1. The van der Waals surface area contributed by atoms with Crippen molar-refractivity contribution >= 4 is 53.1 Å². The summed E-state index contributed by atoms with van der Waals surface area (Å²) in [6, 6.07) is 20.1. The quantitative estimate of drug-likeness (QED) is 0.305. The van der Waals surface area contributed by atoms with Gasteiger partial charge in [0.05, 0.1) is 25.3 Å². The molecule has 0 aliphatic carbocycles. The maximum absolute atomic E-state index is 14.7. The molecule has 7 nitrogen and oxygen atoms in total. The van der Waals surface area contributed by atoms with Crippen molar-refractivity contribution in [3.8, 4) is 5.75 Å². The number of aliphatic hydroxyl groups is 1. The molecule has 2 atom stereocenters. The molecule has 0 bridgehead atoms. The fraction of sp³-hybridized carbons (Fsp3) is 0.367. The molecule has 220 valence electrons. The number of rotatable bonds is 8. The van der Waals surface area contributed by atoms with Crippen molar-refractivity contribution in [2.45, 2.75) is 24.7 Å². The zero-order valence-electron chi connectivity index (χ0n) is 22.7. The number of nitrogens with zero attached hydrogens (tertiary/aromatic N) is 2. The molecule has 3 N–H and O–H groups in total. The average molecular weight is 640 g/mol. The number of β-amino-alcohol motifs (C(OH)–C–C–N with tert-alkyl or cyclic N) is 1. The van der Waals surface area contributed by atoms with Gasteiger partial charge in [0.25, 0.3) is 5.91 Å². The van der Waals surface area contributed by atoms with Gasteiger partial charge in [-0.05, 0) is 54.4 Å². The lowest BCUT2D eigenvalue weighted by Gasteiger charge is -2.40. The molecule has 5 rings (SSSR count). The Morgan fingerprint density at radius 2 is 1.39 bits per heavy atom. The number of nitrogens with one attached hydrogen (secondary N) is 2. The summed E-state index contributed by atoms with van der Waals surface area (Å²) < 4.78 is 6.05. The molecule has 0 spiro atoms. The molecule has 3 aromatic rings. The smallest absolute Gasteiger partial charge is 0.262 e. The van der Waals surface area contributed by atoms with E-state index in [2.05, 4.69) is 15.5 Å². The average Bonchev–Trinajstić information content (AvgIpc) is 3.36. The van der Waals surface area contributed by atoms with E-state index in [1.165, 1.54) is 0 Å². The van der Waals surface area contributed by atoms with Gasteiger partial charge in [-0.1, -0.05) is 65.1 Å². The maximum atomic E-state index is 14.7. The monoisotopic (exact) mass is 638 g/mol. The predicted octanol–water partition coefficient (Wildman–Crippen LogP) is 5.43. The van der Waals surface area contributed by atoms with E-state index in [9.17, 15) is 9.90 Å². The van der Waals surface area contributed by atoms with Crippen molar-refractivity contribution < 1.29 is 14.6 Å². The summed E-state index contributed by atoms with van der Waals surface area (Å²) in [6.07, 6.45) is 0. The Kier molecular flexibility index (Phi) is 10.8. The van der Waals surface area contributed by atoms with E-state index in [0.717, 1.165) is 11.1 Å². The molecule has 0 radical (unpaired) electrons. The molecule has 2 aliphatic heterocycles. The molecule has 41 heavy (non-hydrogen) atoms. The van der Waals surface area contributed by atoms with Crippen LogP contribution in [0, 0.1) is 0 Å². The predicted molar refractivity (Wildman–Crippen MR) is 166 cm³/mol. The summed E-state index contributed by atoms with van der Waals surface area (Å²) in [5.41, 5.74) is 1.30. The number of hydrogen-bond acceptors (Lipinski definition) is 6. The number of aliphatic hydroxyl groups excluding tert-OH is 1. The summed E-state index contributed by atoms with van der Waals surface area (Å²) in [4.78, 5) is 18.7. The first-order valence-corrected chi connectivity index (χ1v) is 14.6. The Hall–Kier alpha value is -2.07. The highest BCUT2D eigenvalue weighted by Gasteiger charge is 2.54. The van der Waals surface area contributed by atoms with Gasteiger partial charge in [-0.25, -0.2) is 0 Å². The highest BCUT2D eigenvalue weighted by molar-refractivity contribution is 6.31. The van der Waals surface area contributed by atoms with Gasteiger partial charge in [0.15, 0.2) is 5.66 Å². The van der Waals surface area contributed by atoms with Crippen LogP contribution in [0.15, 0.2) is 66.7 Å². The van der Waals surface area contributed by atoms with Crippen molar-refractivity contribution in [2.75, 3.05) is 45.9 Å². The van der Waals surface area contributed by atoms with Crippen molar-refractivity contribution in [1.82, 2.24) is 20.4 Å². The third-order valence-corrected chi connectivity index (χ3v) is 8.32. The molecule has 0 aromatic heterocycles. The van der Waals surface area contributed by atoms with Crippen LogP contribution in [0.25, 0.3) is 0 Å². The van der Waals surface area contributed by atoms with Crippen molar-refractivity contribution in [3.05, 3.63) is 98.5 Å². The van der Waals surface area contributed by atoms with E-state index in [1.807, 2.05) is 66.4 Å². The van der Waals surface area contributed by atoms with Crippen molar-refractivity contribution in [3.63, 3.8) is 0 Å². The molecule has 2 fully saturated rings. The molecule has 2 aliphatic rings. The Morgan fingerprint density at radius 1 is 0.878 bits per heavy atom. The first kappa shape index (κ1) is 31.9. The highest BCUT2D eigenvalue weighted by Crippen LogP contribution is 2.45. The third-order valence-electron chi connectivity index (χ3n) is 7.58. The zero-order valence-corrected chi connectivity index (χ0v) is 25.7. The van der Waals surface area contributed by atoms with Crippen molar-refractivity contribution in [2.24, 2.45) is 0 Å². The SMILES string of the molecule is CCOc1cc(Cl)ccc1C1(C(=O)N2CCN(CCO)CC2)NC(c2ccc(Cl)cc2)C(c2ccc(Cl)cc2)N1.Cl. The lowest BCUT2D eigenvalue weighted by atomic mass is 9.95. The number of carbonyl (C=O) groups excluding carboxylic acids is 1. The van der Waals surface area contributed by atoms with Crippen LogP contribution in [-0.2, 0) is 10.5 Å². The first-order valence-electron chi connectivity index (χ1n) is 13.5. The lowest BCUT2D eigenvalue weighted by Crippen LogP contribution is -2.62. The second-order valence-electron chi connectivity index (χ2n) is 10.0. The molecule has 0 saturated carbocycles. The van der Waals surface area contributed by atoms with E-state index in [-0.39, 0.29) is 37.0 Å². The van der Waals surface area contributed by atoms with Crippen molar-refractivity contribution in [1.29, 1.82) is 0 Å². The van der Waals surface area contributed by atoms with Crippen LogP contribution >= 0.6 is 47.2 Å². The van der Waals surface area contributed by atoms with Gasteiger partial charge in [-0.3, -0.25) is 20.3 Å². The number of amides is 1. The topological polar surface area (TPSA) is 77.1 Å². The minimum absolute atomic E-state index is 0. The number of benzene rings is 3. The second kappa shape index (κ2) is 13.9. The summed E-state index contributed by atoms with van der Waals surface area (Å²) >= 11 is 18.9. The summed E-state index contributed by atoms with van der Waals surface area (Å²) in [5.74, 6) is 0.434. The number of hydrogen-bond donors (Lipinski definition) is 3. The molecule has 11 heteroatoms. The second-order valence-corrected chi connectivity index (χ2v) is 11.3. The maximum Gasteiger partial charge on any atom is 0.262 e. The molecule has 2 unspecified atom stereocenters. The zero-order chi connectivity index (χ0) is 28.3. The minimum atomic E-state index is -1.32. The molecule has 2 heterocycles. The van der Waals surface area contributed by atoms with Gasteiger partial charge in [0, 0.05) is 53.4 Å². The molecule has 2 saturated heterocycles. The summed E-state index contributed by atoms with van der Waals surface area (Å²) in [6.45, 7) is 5.45. The normalized spacial score (nSPS) is 22.8. The Morgan fingerprint density at radius 3 is 1.88 bits per heavy atom. The number of piperazine rings is 1. The van der Waals surface area contributed by atoms with E-state index < -0.39 is 5.66 Å². The summed E-state index contributed by atoms with van der Waals surface area (Å²) in [5, 5.41) is 18.6. The van der Waals surface area contributed by atoms with Crippen LogP contribution < -0.4 is 15.4 Å². The Balaban J connectivity index is 0.00000387. The highest BCUT2D eigenvalue weighted by atomic mass is 35.5. The fourth-order valence-corrected chi connectivity index (χ4v) is 6.01. The van der Waals surface area contributed by atoms with E-state index in [4.69, 9.17) is 39.5 Å². The van der Waals surface area contributed by atoms with Crippen LogP contribution in [0.2, 0.25) is 15.1 Å². The van der Waals surface area contributed by atoms with E-state index >= 15 is 0 Å². The van der Waals surface area contributed by atoms with Crippen LogP contribution in [0.5, 0.6) is 5.75 Å². The van der Waals surface area contributed by atoms with Crippen LogP contribution in [0.4, 0.5) is 0 Å². The molecular weight excluding hydrogens is 606 g/mol. The van der Waals surface area contributed by atoms with Crippen LogP contribution in [0.3, 0.4) is 0 Å². The van der Waals surface area contributed by atoms with E-state index in [1.54, 1.807) is 12.1 Å². The van der Waals surface area contributed by atoms with Crippen LogP contribution in [0.1, 0.15) is 35.7 Å². The first-order chi connectivity index (χ1) is 19.3. The van der Waals surface area contributed by atoms with Gasteiger partial charge >= 0.3 is 0 Å². The van der Waals surface area contributed by atoms with Crippen LogP contribution in [-0.4, -0.2) is 66.8 Å². The number of halogens is 4. The Labute approximate surface area is 262 Å².